The first-order valence-electron chi connectivity index (χ1n) is 4.21. The third-order valence-corrected chi connectivity index (χ3v) is 1.98. The van der Waals surface area contributed by atoms with Gasteiger partial charge in [-0.25, -0.2) is 9.48 Å². The van der Waals surface area contributed by atoms with Crippen LogP contribution in [0.15, 0.2) is 36.7 Å². The normalized spacial score (nSPS) is 10.2. The molecule has 0 bridgehead atoms. The first-order chi connectivity index (χ1) is 7.18. The van der Waals surface area contributed by atoms with Crippen LogP contribution in [-0.2, 0) is 0 Å². The van der Waals surface area contributed by atoms with Crippen molar-refractivity contribution in [2.24, 2.45) is 0 Å². The average molecular weight is 223 g/mol. The van der Waals surface area contributed by atoms with E-state index in [1.165, 1.54) is 16.8 Å². The number of carbonyl (C=O) groups is 1. The fourth-order valence-corrected chi connectivity index (χ4v) is 1.35. The van der Waals surface area contributed by atoms with Gasteiger partial charge in [-0.3, -0.25) is 0 Å². The number of fused-ring (bicyclic) bond motifs is 1. The van der Waals surface area contributed by atoms with E-state index in [0.29, 0.717) is 0 Å². The van der Waals surface area contributed by atoms with E-state index in [0.717, 1.165) is 0 Å². The van der Waals surface area contributed by atoms with Crippen LogP contribution in [0.25, 0.3) is 16.8 Å². The Morgan fingerprint density at radius 2 is 2.20 bits per heavy atom. The number of halogens is 1. The lowest BCUT2D eigenvalue weighted by molar-refractivity contribution is 0.220. The summed E-state index contributed by atoms with van der Waals surface area (Å²) >= 11 is 4.19. The van der Waals surface area contributed by atoms with Crippen molar-refractivity contribution >= 4 is 17.0 Å². The van der Waals surface area contributed by atoms with Gasteiger partial charge in [0.15, 0.2) is 0 Å². The van der Waals surface area contributed by atoms with Gasteiger partial charge in [0, 0.05) is 29.6 Å². The Morgan fingerprint density at radius 3 is 2.60 bits per heavy atom. The highest BCUT2D eigenvalue weighted by molar-refractivity contribution is 6.60. The van der Waals surface area contributed by atoms with Gasteiger partial charge in [-0.15, -0.1) is 0 Å². The molecule has 76 valence electrons. The number of carboxylic acid groups (broad SMARTS) is 1. The van der Waals surface area contributed by atoms with Crippen molar-refractivity contribution in [2.45, 2.75) is 0 Å². The summed E-state index contributed by atoms with van der Waals surface area (Å²) in [6, 6.07) is 8.31. The molecule has 5 heteroatoms. The monoisotopic (exact) mass is 222 g/mol. The Kier molecular flexibility index (Phi) is 2.43. The zero-order valence-corrected chi connectivity index (χ0v) is 8.35. The largest absolute Gasteiger partial charge is 0.469 e. The number of rotatable bonds is 1. The molecule has 1 aromatic heterocycles. The van der Waals surface area contributed by atoms with E-state index in [9.17, 15) is 0 Å². The van der Waals surface area contributed by atoms with Gasteiger partial charge in [0.25, 0.3) is 0 Å². The maximum atomic E-state index is 8.77. The van der Waals surface area contributed by atoms with Crippen molar-refractivity contribution in [3.05, 3.63) is 36.7 Å². The summed E-state index contributed by atoms with van der Waals surface area (Å²) in [5.74, 6) is 0. The van der Waals surface area contributed by atoms with E-state index in [1.807, 2.05) is 16.9 Å². The highest BCUT2D eigenvalue weighted by atomic mass is 35.5. The summed E-state index contributed by atoms with van der Waals surface area (Å²) in [7, 11) is 0. The molecular weight excluding hydrogens is 216 g/mol. The summed E-state index contributed by atoms with van der Waals surface area (Å²) in [5.41, 5.74) is 2.54. The van der Waals surface area contributed by atoms with Gasteiger partial charge in [0.05, 0.1) is 5.69 Å². The molecule has 0 saturated heterocycles. The van der Waals surface area contributed by atoms with E-state index in [4.69, 9.17) is 9.90 Å². The van der Waals surface area contributed by atoms with Gasteiger partial charge in [-0.05, 0) is 23.8 Å². The molecule has 0 saturated carbocycles. The second-order valence-corrected chi connectivity index (χ2v) is 3.26. The van der Waals surface area contributed by atoms with Crippen LogP contribution in [0.2, 0.25) is 0 Å². The Morgan fingerprint density at radius 1 is 1.47 bits per heavy atom. The molecule has 3 rings (SSSR count). The van der Waals surface area contributed by atoms with E-state index in [2.05, 4.69) is 34.9 Å². The van der Waals surface area contributed by atoms with Crippen molar-refractivity contribution in [1.29, 1.82) is 0 Å². The van der Waals surface area contributed by atoms with E-state index >= 15 is 0 Å². The Balaban J connectivity index is 0.000000188. The minimum Gasteiger partial charge on any atom is -0.469 e. The Labute approximate surface area is 90.7 Å². The van der Waals surface area contributed by atoms with Crippen LogP contribution in [0.1, 0.15) is 0 Å². The van der Waals surface area contributed by atoms with Gasteiger partial charge in [0.2, 0.25) is 0 Å². The van der Waals surface area contributed by atoms with Crippen molar-refractivity contribution < 1.29 is 9.90 Å². The van der Waals surface area contributed by atoms with Gasteiger partial charge in [0.1, 0.15) is 0 Å². The molecule has 0 fully saturated rings. The Hall–Kier alpha value is -1.81. The first kappa shape index (κ1) is 9.73. The summed E-state index contributed by atoms with van der Waals surface area (Å²) < 4.78 is 1.89. The first-order valence-corrected chi connectivity index (χ1v) is 4.59. The predicted octanol–water partition coefficient (Wildman–Crippen LogP) is 2.76. The molecule has 1 heterocycles. The molecule has 2 aliphatic carbocycles. The quantitative estimate of drug-likeness (QED) is 0.644. The summed E-state index contributed by atoms with van der Waals surface area (Å²) in [4.78, 5) is 8.77. The number of nitrogens with zero attached hydrogens (tertiary/aromatic N) is 2. The lowest BCUT2D eigenvalue weighted by Gasteiger charge is -1.94. The predicted molar refractivity (Wildman–Crippen MR) is 56.4 cm³/mol. The molecule has 0 aromatic carbocycles. The molecule has 1 aromatic rings. The minimum absolute atomic E-state index is 1.20. The molecule has 2 aliphatic rings. The molecule has 0 aliphatic heterocycles. The molecule has 0 unspecified atom stereocenters. The average Bonchev–Trinajstić information content (AvgIpc) is 2.65. The second kappa shape index (κ2) is 3.74. The Bertz CT molecular complexity index is 490. The second-order valence-electron chi connectivity index (χ2n) is 2.94. The van der Waals surface area contributed by atoms with Crippen LogP contribution in [-0.4, -0.2) is 20.3 Å². The molecule has 0 amide bonds. The van der Waals surface area contributed by atoms with Gasteiger partial charge in [-0.1, -0.05) is 6.07 Å². The zero-order valence-electron chi connectivity index (χ0n) is 7.59. The van der Waals surface area contributed by atoms with Crippen molar-refractivity contribution in [2.75, 3.05) is 0 Å². The molecule has 0 spiro atoms. The van der Waals surface area contributed by atoms with E-state index < -0.39 is 5.43 Å². The molecule has 0 atom stereocenters. The van der Waals surface area contributed by atoms with E-state index in [1.54, 1.807) is 6.20 Å². The fourth-order valence-electron chi connectivity index (χ4n) is 1.35. The van der Waals surface area contributed by atoms with E-state index in [-0.39, 0.29) is 0 Å². The van der Waals surface area contributed by atoms with Crippen molar-refractivity contribution in [3.8, 4) is 16.8 Å². The van der Waals surface area contributed by atoms with Crippen molar-refractivity contribution in [1.82, 2.24) is 9.78 Å². The van der Waals surface area contributed by atoms with Crippen molar-refractivity contribution in [3.63, 3.8) is 0 Å². The maximum Gasteiger partial charge on any atom is 0.401 e. The number of hydrogen-bond acceptors (Lipinski definition) is 2. The van der Waals surface area contributed by atoms with Crippen LogP contribution in [0.5, 0.6) is 0 Å². The molecule has 15 heavy (non-hydrogen) atoms. The molecule has 0 radical (unpaired) electrons. The number of aromatic nitrogens is 2. The number of hydrogen-bond donors (Lipinski definition) is 1. The third-order valence-electron chi connectivity index (χ3n) is 1.98. The lowest BCUT2D eigenvalue weighted by Crippen LogP contribution is -1.90. The fraction of sp³-hybridized carbons (Fsp3) is 0. The number of benzene rings is 1. The smallest absolute Gasteiger partial charge is 0.401 e. The standard InChI is InChI=1S/C9H6N2.CHClO2/c1-4-10-11(5-1)9-3-2-7-6-8(7)9;2-1(3)4/h1-6H;(H,3,4). The van der Waals surface area contributed by atoms with Crippen LogP contribution in [0.3, 0.4) is 0 Å². The third kappa shape index (κ3) is 2.16. The molecule has 1 N–H and O–H groups in total. The summed E-state index contributed by atoms with van der Waals surface area (Å²) in [5, 5.41) is 11.3. The molecule has 4 nitrogen and oxygen atoms in total. The highest BCUT2D eigenvalue weighted by Crippen LogP contribution is 2.39. The summed E-state index contributed by atoms with van der Waals surface area (Å²) in [6.07, 6.45) is 3.75. The minimum atomic E-state index is -1.36. The zero-order chi connectivity index (χ0) is 10.8. The van der Waals surface area contributed by atoms with Crippen LogP contribution >= 0.6 is 11.6 Å². The maximum absolute atomic E-state index is 8.77. The van der Waals surface area contributed by atoms with Gasteiger partial charge in [-0.2, -0.15) is 5.10 Å². The van der Waals surface area contributed by atoms with Crippen LogP contribution in [0, 0.1) is 0 Å². The van der Waals surface area contributed by atoms with Crippen LogP contribution in [0.4, 0.5) is 4.79 Å². The summed E-state index contributed by atoms with van der Waals surface area (Å²) in [6.45, 7) is 0. The topological polar surface area (TPSA) is 55.1 Å². The molecular formula is C10H7ClN2O2. The highest BCUT2D eigenvalue weighted by Gasteiger charge is 2.17. The SMILES string of the molecule is O=C(O)Cl.c1cnn(-c2ccc3cc2-3)c1. The van der Waals surface area contributed by atoms with Gasteiger partial charge < -0.3 is 5.11 Å². The van der Waals surface area contributed by atoms with Crippen LogP contribution < -0.4 is 0 Å². The van der Waals surface area contributed by atoms with Gasteiger partial charge >= 0.3 is 5.43 Å². The lowest BCUT2D eigenvalue weighted by atomic mass is 10.4.